The van der Waals surface area contributed by atoms with Gasteiger partial charge in [0.2, 0.25) is 0 Å². The molecule has 4 N–H and O–H groups in total. The van der Waals surface area contributed by atoms with Gasteiger partial charge in [0.25, 0.3) is 5.91 Å². The third-order valence-electron chi connectivity index (χ3n) is 4.04. The maximum atomic E-state index is 11.6. The molecule has 0 atom stereocenters. The second-order valence-electron chi connectivity index (χ2n) is 5.74. The highest BCUT2D eigenvalue weighted by Crippen LogP contribution is 2.30. The number of aromatic hydroxyl groups is 1. The Balaban J connectivity index is 2.03. The molecule has 132 valence electrons. The van der Waals surface area contributed by atoms with E-state index in [1.165, 1.54) is 12.1 Å². The van der Waals surface area contributed by atoms with Gasteiger partial charge in [-0.25, -0.2) is 4.79 Å². The van der Waals surface area contributed by atoms with Crippen molar-refractivity contribution in [2.75, 3.05) is 7.05 Å². The number of amides is 1. The van der Waals surface area contributed by atoms with Crippen molar-refractivity contribution < 1.29 is 19.8 Å². The fraction of sp³-hybridized carbons (Fsp3) is 0.105. The number of aliphatic imine (C=N–C) groups is 1. The van der Waals surface area contributed by atoms with E-state index in [1.807, 2.05) is 0 Å². The monoisotopic (exact) mass is 351 g/mol. The van der Waals surface area contributed by atoms with Crippen LogP contribution in [0.2, 0.25) is 0 Å². The van der Waals surface area contributed by atoms with E-state index < -0.39 is 5.97 Å². The van der Waals surface area contributed by atoms with Gasteiger partial charge in [0.05, 0.1) is 22.5 Å². The average Bonchev–Trinajstić information content (AvgIpc) is 2.96. The van der Waals surface area contributed by atoms with Gasteiger partial charge in [0.1, 0.15) is 0 Å². The number of nitrogens with one attached hydrogen (secondary N) is 2. The summed E-state index contributed by atoms with van der Waals surface area (Å²) < 4.78 is 0. The number of carbonyl (C=O) groups excluding carboxylic acids is 1. The first kappa shape index (κ1) is 17.2. The van der Waals surface area contributed by atoms with Gasteiger partial charge in [-0.15, -0.1) is 0 Å². The van der Waals surface area contributed by atoms with Crippen LogP contribution in [0.15, 0.2) is 47.5 Å². The molecule has 0 aliphatic carbocycles. The van der Waals surface area contributed by atoms with Gasteiger partial charge in [-0.2, -0.15) is 0 Å². The summed E-state index contributed by atoms with van der Waals surface area (Å²) >= 11 is 0. The topological polar surface area (TPSA) is 115 Å². The molecular weight excluding hydrogens is 334 g/mol. The van der Waals surface area contributed by atoms with Crippen molar-refractivity contribution in [3.05, 3.63) is 59.2 Å². The Hall–Kier alpha value is -3.61. The van der Waals surface area contributed by atoms with E-state index >= 15 is 0 Å². The van der Waals surface area contributed by atoms with Crippen molar-refractivity contribution in [2.45, 2.75) is 6.92 Å². The number of nitrogens with zero attached hydrogens (tertiary/aromatic N) is 1. The highest BCUT2D eigenvalue weighted by Gasteiger charge is 2.16. The van der Waals surface area contributed by atoms with Gasteiger partial charge in [-0.05, 0) is 49.4 Å². The number of carboxylic acid groups (broad SMARTS) is 1. The number of aromatic nitrogens is 1. The van der Waals surface area contributed by atoms with E-state index in [2.05, 4.69) is 15.3 Å². The molecule has 7 heteroatoms. The Labute approximate surface area is 149 Å². The van der Waals surface area contributed by atoms with Crippen LogP contribution in [0.4, 0.5) is 5.69 Å². The lowest BCUT2D eigenvalue weighted by atomic mass is 10.1. The highest BCUT2D eigenvalue weighted by molar-refractivity contribution is 6.13. The number of H-pyrrole nitrogens is 1. The van der Waals surface area contributed by atoms with Gasteiger partial charge in [-0.3, -0.25) is 9.79 Å². The molecule has 0 fully saturated rings. The van der Waals surface area contributed by atoms with E-state index in [0.29, 0.717) is 33.4 Å². The fourth-order valence-electron chi connectivity index (χ4n) is 2.76. The minimum atomic E-state index is -1.04. The van der Waals surface area contributed by atoms with Crippen molar-refractivity contribution in [1.82, 2.24) is 10.3 Å². The van der Waals surface area contributed by atoms with Gasteiger partial charge < -0.3 is 20.5 Å². The molecule has 1 aromatic heterocycles. The highest BCUT2D eigenvalue weighted by atomic mass is 16.4. The molecule has 0 aliphatic rings. The first-order chi connectivity index (χ1) is 12.4. The van der Waals surface area contributed by atoms with Crippen LogP contribution in [-0.4, -0.2) is 39.8 Å². The van der Waals surface area contributed by atoms with E-state index in [1.54, 1.807) is 44.3 Å². The lowest BCUT2D eigenvalue weighted by Gasteiger charge is -2.03. The quantitative estimate of drug-likeness (QED) is 0.541. The molecule has 0 saturated carbocycles. The molecule has 3 aromatic rings. The van der Waals surface area contributed by atoms with Crippen molar-refractivity contribution in [2.24, 2.45) is 4.99 Å². The van der Waals surface area contributed by atoms with Crippen molar-refractivity contribution in [3.63, 3.8) is 0 Å². The molecule has 0 radical (unpaired) electrons. The van der Waals surface area contributed by atoms with Gasteiger partial charge in [0.15, 0.2) is 5.88 Å². The summed E-state index contributed by atoms with van der Waals surface area (Å²) in [6.45, 7) is 1.72. The zero-order valence-electron chi connectivity index (χ0n) is 14.2. The molecular formula is C19H17N3O4. The first-order valence-corrected chi connectivity index (χ1v) is 7.86. The molecule has 0 aliphatic heterocycles. The molecule has 3 rings (SSSR count). The third-order valence-corrected chi connectivity index (χ3v) is 4.04. The number of aromatic amines is 1. The van der Waals surface area contributed by atoms with Gasteiger partial charge in [-0.1, -0.05) is 0 Å². The summed E-state index contributed by atoms with van der Waals surface area (Å²) in [7, 11) is 1.56. The van der Waals surface area contributed by atoms with E-state index in [9.17, 15) is 19.8 Å². The summed E-state index contributed by atoms with van der Waals surface area (Å²) in [5.41, 5.74) is 2.83. The Bertz CT molecular complexity index is 1030. The van der Waals surface area contributed by atoms with Gasteiger partial charge >= 0.3 is 5.97 Å². The van der Waals surface area contributed by atoms with Crippen molar-refractivity contribution >= 4 is 34.2 Å². The first-order valence-electron chi connectivity index (χ1n) is 7.86. The molecule has 0 bridgehead atoms. The number of rotatable bonds is 4. The molecule has 0 saturated heterocycles. The second-order valence-corrected chi connectivity index (χ2v) is 5.74. The molecule has 0 spiro atoms. The van der Waals surface area contributed by atoms with Crippen LogP contribution in [0.1, 0.15) is 33.2 Å². The number of hydrogen-bond acceptors (Lipinski definition) is 4. The van der Waals surface area contributed by atoms with Crippen molar-refractivity contribution in [1.29, 1.82) is 0 Å². The molecule has 2 aromatic carbocycles. The number of hydrogen-bond donors (Lipinski definition) is 4. The SMILES string of the molecule is CNC(=O)c1ccc(N=C(C)c2c(O)[nH]c3ccc(C(=O)O)cc23)cc1. The molecule has 7 nitrogen and oxygen atoms in total. The van der Waals surface area contributed by atoms with Crippen LogP contribution in [0.5, 0.6) is 5.88 Å². The summed E-state index contributed by atoms with van der Waals surface area (Å²) in [5.74, 6) is -1.31. The fourth-order valence-corrected chi connectivity index (χ4v) is 2.76. The smallest absolute Gasteiger partial charge is 0.335 e. The zero-order chi connectivity index (χ0) is 18.8. The zero-order valence-corrected chi connectivity index (χ0v) is 14.2. The standard InChI is InChI=1S/C19H17N3O4/c1-10(21-13-6-3-11(4-7-13)17(23)20-2)16-14-9-12(19(25)26)5-8-15(14)22-18(16)24/h3-9,22,24H,1-2H3,(H,20,23)(H,25,26). The second kappa shape index (κ2) is 6.72. The number of benzene rings is 2. The number of aromatic carboxylic acids is 1. The Kier molecular flexibility index (Phi) is 4.45. The average molecular weight is 351 g/mol. The Morgan fingerprint density at radius 2 is 1.73 bits per heavy atom. The van der Waals surface area contributed by atoms with E-state index in [-0.39, 0.29) is 17.4 Å². The number of carbonyl (C=O) groups is 2. The largest absolute Gasteiger partial charge is 0.494 e. The predicted octanol–water partition coefficient (Wildman–Crippen LogP) is 3.07. The summed E-state index contributed by atoms with van der Waals surface area (Å²) in [5, 5.41) is 22.5. The van der Waals surface area contributed by atoms with Crippen molar-refractivity contribution in [3.8, 4) is 5.88 Å². The van der Waals surface area contributed by atoms with E-state index in [0.717, 1.165) is 0 Å². The third kappa shape index (κ3) is 3.14. The summed E-state index contributed by atoms with van der Waals surface area (Å²) in [4.78, 5) is 30.1. The van der Waals surface area contributed by atoms with Gasteiger partial charge in [0, 0.05) is 23.5 Å². The summed E-state index contributed by atoms with van der Waals surface area (Å²) in [6.07, 6.45) is 0. The minimum absolute atomic E-state index is 0.0780. The molecule has 26 heavy (non-hydrogen) atoms. The lowest BCUT2D eigenvalue weighted by Crippen LogP contribution is -2.17. The van der Waals surface area contributed by atoms with Crippen LogP contribution < -0.4 is 5.32 Å². The normalized spacial score (nSPS) is 11.5. The van der Waals surface area contributed by atoms with Crippen LogP contribution >= 0.6 is 0 Å². The molecule has 1 heterocycles. The Morgan fingerprint density at radius 3 is 2.35 bits per heavy atom. The van der Waals surface area contributed by atoms with Crippen LogP contribution in [-0.2, 0) is 0 Å². The lowest BCUT2D eigenvalue weighted by molar-refractivity contribution is 0.0696. The minimum Gasteiger partial charge on any atom is -0.494 e. The number of carboxylic acids is 1. The Morgan fingerprint density at radius 1 is 1.08 bits per heavy atom. The van der Waals surface area contributed by atoms with E-state index in [4.69, 9.17) is 0 Å². The van der Waals surface area contributed by atoms with Crippen LogP contribution in [0.3, 0.4) is 0 Å². The van der Waals surface area contributed by atoms with Crippen LogP contribution in [0.25, 0.3) is 10.9 Å². The van der Waals surface area contributed by atoms with Crippen LogP contribution in [0, 0.1) is 0 Å². The molecule has 1 amide bonds. The maximum Gasteiger partial charge on any atom is 0.335 e. The summed E-state index contributed by atoms with van der Waals surface area (Å²) in [6, 6.07) is 11.3. The number of fused-ring (bicyclic) bond motifs is 1. The molecule has 0 unspecified atom stereocenters. The predicted molar refractivity (Wildman–Crippen MR) is 98.6 cm³/mol. The maximum absolute atomic E-state index is 11.6.